The molecule has 1 rings (SSSR count). The maximum absolute atomic E-state index is 12.6. The molecule has 5 heteroatoms. The third kappa shape index (κ3) is 3.25. The van der Waals surface area contributed by atoms with Crippen molar-refractivity contribution < 1.29 is 19.0 Å². The van der Waals surface area contributed by atoms with E-state index in [1.807, 2.05) is 0 Å². The van der Waals surface area contributed by atoms with Crippen LogP contribution in [-0.2, 0) is 4.79 Å². The van der Waals surface area contributed by atoms with Crippen molar-refractivity contribution in [3.63, 3.8) is 0 Å². The number of benzene rings is 1. The van der Waals surface area contributed by atoms with Crippen LogP contribution in [0.2, 0.25) is 5.02 Å². The largest absolute Gasteiger partial charge is 0.487 e. The second kappa shape index (κ2) is 4.79. The number of rotatable bonds is 4. The fourth-order valence-corrected chi connectivity index (χ4v) is 1.04. The highest BCUT2D eigenvalue weighted by Gasteiger charge is 2.07. The summed E-state index contributed by atoms with van der Waals surface area (Å²) >= 11 is 5.65. The molecule has 1 aromatic carbocycles. The lowest BCUT2D eigenvalue weighted by Crippen LogP contribution is -2.09. The molecule has 3 nitrogen and oxygen atoms in total. The number of carbonyl (C=O) groups is 1. The Morgan fingerprint density at radius 3 is 2.80 bits per heavy atom. The molecule has 0 heterocycles. The zero-order valence-electron chi connectivity index (χ0n) is 7.67. The van der Waals surface area contributed by atoms with Crippen molar-refractivity contribution in [3.05, 3.63) is 41.2 Å². The van der Waals surface area contributed by atoms with Gasteiger partial charge in [-0.15, -0.1) is 0 Å². The molecule has 0 aliphatic carbocycles. The quantitative estimate of drug-likeness (QED) is 0.809. The van der Waals surface area contributed by atoms with Crippen LogP contribution in [0.1, 0.15) is 0 Å². The van der Waals surface area contributed by atoms with Crippen LogP contribution in [0.3, 0.4) is 0 Å². The highest BCUT2D eigenvalue weighted by molar-refractivity contribution is 6.32. The van der Waals surface area contributed by atoms with Crippen molar-refractivity contribution in [2.24, 2.45) is 0 Å². The molecule has 1 N–H and O–H groups in total. The van der Waals surface area contributed by atoms with Crippen LogP contribution >= 0.6 is 11.6 Å². The maximum Gasteiger partial charge on any atom is 0.334 e. The summed E-state index contributed by atoms with van der Waals surface area (Å²) in [5.74, 6) is -1.40. The van der Waals surface area contributed by atoms with Gasteiger partial charge >= 0.3 is 5.97 Å². The third-order valence-electron chi connectivity index (χ3n) is 1.60. The summed E-state index contributed by atoms with van der Waals surface area (Å²) in [4.78, 5) is 10.4. The number of carboxylic acid groups (broad SMARTS) is 1. The van der Waals surface area contributed by atoms with Crippen LogP contribution in [0.5, 0.6) is 5.75 Å². The Labute approximate surface area is 90.7 Å². The predicted molar refractivity (Wildman–Crippen MR) is 53.7 cm³/mol. The number of ether oxygens (including phenoxy) is 1. The van der Waals surface area contributed by atoms with Gasteiger partial charge in [-0.1, -0.05) is 18.2 Å². The van der Waals surface area contributed by atoms with Gasteiger partial charge in [0.2, 0.25) is 0 Å². The average molecular weight is 231 g/mol. The molecule has 80 valence electrons. The summed E-state index contributed by atoms with van der Waals surface area (Å²) in [6.07, 6.45) is 0. The second-order valence-electron chi connectivity index (χ2n) is 2.77. The highest BCUT2D eigenvalue weighted by Crippen LogP contribution is 2.25. The van der Waals surface area contributed by atoms with Crippen LogP contribution < -0.4 is 4.74 Å². The molecule has 0 unspecified atom stereocenters. The van der Waals surface area contributed by atoms with Crippen molar-refractivity contribution >= 4 is 17.6 Å². The minimum Gasteiger partial charge on any atom is -0.487 e. The number of halogens is 2. The molecule has 0 saturated carbocycles. The summed E-state index contributed by atoms with van der Waals surface area (Å²) in [6.45, 7) is 3.08. The van der Waals surface area contributed by atoms with Gasteiger partial charge in [0.1, 0.15) is 18.2 Å². The van der Waals surface area contributed by atoms with E-state index in [1.165, 1.54) is 12.1 Å². The van der Waals surface area contributed by atoms with Gasteiger partial charge in [-0.2, -0.15) is 0 Å². The molecule has 0 bridgehead atoms. The summed E-state index contributed by atoms with van der Waals surface area (Å²) in [6, 6.07) is 3.58. The molecule has 0 fully saturated rings. The van der Waals surface area contributed by atoms with Crippen LogP contribution in [0, 0.1) is 5.82 Å². The molecule has 0 aliphatic heterocycles. The monoisotopic (exact) mass is 230 g/mol. The normalized spacial score (nSPS) is 9.73. The maximum atomic E-state index is 12.6. The van der Waals surface area contributed by atoms with Crippen molar-refractivity contribution in [1.29, 1.82) is 0 Å². The summed E-state index contributed by atoms with van der Waals surface area (Å²) < 4.78 is 17.7. The lowest BCUT2D eigenvalue weighted by atomic mass is 10.3. The van der Waals surface area contributed by atoms with E-state index in [9.17, 15) is 9.18 Å². The summed E-state index contributed by atoms with van der Waals surface area (Å²) in [5, 5.41) is 8.59. The first-order valence-electron chi connectivity index (χ1n) is 3.99. The average Bonchev–Trinajstić information content (AvgIpc) is 2.15. The molecule has 0 spiro atoms. The lowest BCUT2D eigenvalue weighted by molar-refractivity contribution is -0.133. The van der Waals surface area contributed by atoms with Crippen LogP contribution in [-0.4, -0.2) is 17.7 Å². The Kier molecular flexibility index (Phi) is 3.68. The van der Waals surface area contributed by atoms with Gasteiger partial charge in [-0.3, -0.25) is 0 Å². The molecule has 0 aromatic heterocycles. The first kappa shape index (κ1) is 11.5. The Balaban J connectivity index is 2.66. The van der Waals surface area contributed by atoms with E-state index < -0.39 is 11.8 Å². The van der Waals surface area contributed by atoms with E-state index in [0.29, 0.717) is 0 Å². The second-order valence-corrected chi connectivity index (χ2v) is 3.18. The van der Waals surface area contributed by atoms with Crippen molar-refractivity contribution in [1.82, 2.24) is 0 Å². The Morgan fingerprint density at radius 2 is 2.27 bits per heavy atom. The Bertz CT molecular complexity index is 404. The molecule has 0 radical (unpaired) electrons. The Morgan fingerprint density at radius 1 is 1.60 bits per heavy atom. The van der Waals surface area contributed by atoms with Crippen LogP contribution in [0.15, 0.2) is 30.4 Å². The minimum absolute atomic E-state index is 0.0909. The first-order chi connectivity index (χ1) is 7.00. The molecular weight excluding hydrogens is 223 g/mol. The van der Waals surface area contributed by atoms with Crippen LogP contribution in [0.4, 0.5) is 4.39 Å². The smallest absolute Gasteiger partial charge is 0.334 e. The van der Waals surface area contributed by atoms with Gasteiger partial charge in [0.25, 0.3) is 0 Å². The highest BCUT2D eigenvalue weighted by atomic mass is 35.5. The standard InChI is InChI=1S/C10H8ClFO3/c1-6(10(13)14)5-15-9-3-2-7(12)4-8(9)11/h2-4H,1,5H2,(H,13,14). The molecule has 0 saturated heterocycles. The lowest BCUT2D eigenvalue weighted by Gasteiger charge is -2.07. The van der Waals surface area contributed by atoms with Gasteiger partial charge in [0.05, 0.1) is 10.6 Å². The Hall–Kier alpha value is -1.55. The number of hydrogen-bond acceptors (Lipinski definition) is 2. The molecule has 0 amide bonds. The number of carboxylic acids is 1. The molecule has 1 aromatic rings. The van der Waals surface area contributed by atoms with E-state index in [2.05, 4.69) is 6.58 Å². The zero-order valence-corrected chi connectivity index (χ0v) is 8.42. The number of aliphatic carboxylic acids is 1. The predicted octanol–water partition coefficient (Wildman–Crippen LogP) is 2.50. The molecule has 15 heavy (non-hydrogen) atoms. The topological polar surface area (TPSA) is 46.5 Å². The van der Waals surface area contributed by atoms with Gasteiger partial charge < -0.3 is 9.84 Å². The zero-order chi connectivity index (χ0) is 11.4. The van der Waals surface area contributed by atoms with E-state index in [1.54, 1.807) is 0 Å². The first-order valence-corrected chi connectivity index (χ1v) is 4.37. The fraction of sp³-hybridized carbons (Fsp3) is 0.100. The van der Waals surface area contributed by atoms with Gasteiger partial charge in [0, 0.05) is 0 Å². The summed E-state index contributed by atoms with van der Waals surface area (Å²) in [5.41, 5.74) is -0.101. The van der Waals surface area contributed by atoms with Gasteiger partial charge in [-0.05, 0) is 18.2 Å². The van der Waals surface area contributed by atoms with E-state index in [-0.39, 0.29) is 23.0 Å². The third-order valence-corrected chi connectivity index (χ3v) is 1.89. The van der Waals surface area contributed by atoms with Crippen molar-refractivity contribution in [2.45, 2.75) is 0 Å². The van der Waals surface area contributed by atoms with E-state index >= 15 is 0 Å². The molecule has 0 atom stereocenters. The number of hydrogen-bond donors (Lipinski definition) is 1. The minimum atomic E-state index is -1.15. The van der Waals surface area contributed by atoms with Gasteiger partial charge in [-0.25, -0.2) is 9.18 Å². The molecule has 0 aliphatic rings. The van der Waals surface area contributed by atoms with Crippen molar-refractivity contribution in [3.8, 4) is 5.75 Å². The van der Waals surface area contributed by atoms with Crippen molar-refractivity contribution in [2.75, 3.05) is 6.61 Å². The fourth-order valence-electron chi connectivity index (χ4n) is 0.819. The molecular formula is C10H8ClFO3. The SMILES string of the molecule is C=C(COc1ccc(F)cc1Cl)C(=O)O. The summed E-state index contributed by atoms with van der Waals surface area (Å²) in [7, 11) is 0. The van der Waals surface area contributed by atoms with Crippen LogP contribution in [0.25, 0.3) is 0 Å². The van der Waals surface area contributed by atoms with E-state index in [4.69, 9.17) is 21.4 Å². The van der Waals surface area contributed by atoms with E-state index in [0.717, 1.165) is 6.07 Å². The van der Waals surface area contributed by atoms with Gasteiger partial charge in [0.15, 0.2) is 0 Å².